The summed E-state index contributed by atoms with van der Waals surface area (Å²) in [5, 5.41) is 2.63. The summed E-state index contributed by atoms with van der Waals surface area (Å²) in [6.07, 6.45) is -2.11. The molecule has 2 aromatic carbocycles. The first-order chi connectivity index (χ1) is 11.5. The molecule has 4 rings (SSSR count). The Bertz CT molecular complexity index is 939. The van der Waals surface area contributed by atoms with Crippen LogP contribution in [0.4, 0.5) is 14.5 Å². The van der Waals surface area contributed by atoms with Crippen LogP contribution in [-0.4, -0.2) is 21.8 Å². The lowest BCUT2D eigenvalue weighted by Gasteiger charge is -2.07. The van der Waals surface area contributed by atoms with Crippen LogP contribution in [0.5, 0.6) is 11.5 Å². The molecule has 1 aliphatic heterocycles. The smallest absolute Gasteiger partial charge is 0.395 e. The van der Waals surface area contributed by atoms with E-state index in [0.717, 1.165) is 11.0 Å². The number of halogens is 2. The van der Waals surface area contributed by atoms with Crippen LogP contribution in [0.15, 0.2) is 48.8 Å². The Balaban J connectivity index is 1.49. The van der Waals surface area contributed by atoms with Crippen LogP contribution in [0.3, 0.4) is 0 Å². The molecular formula is C16H11F2N3O3. The Kier molecular flexibility index (Phi) is 3.12. The molecule has 1 amide bonds. The highest BCUT2D eigenvalue weighted by atomic mass is 19.3. The van der Waals surface area contributed by atoms with Gasteiger partial charge in [0, 0.05) is 11.8 Å². The minimum Gasteiger partial charge on any atom is -0.395 e. The van der Waals surface area contributed by atoms with Gasteiger partial charge >= 0.3 is 6.29 Å². The molecule has 0 spiro atoms. The van der Waals surface area contributed by atoms with Crippen molar-refractivity contribution in [1.29, 1.82) is 0 Å². The van der Waals surface area contributed by atoms with Crippen molar-refractivity contribution in [2.75, 3.05) is 5.32 Å². The summed E-state index contributed by atoms with van der Waals surface area (Å²) in [7, 11) is 0. The molecule has 0 aliphatic carbocycles. The van der Waals surface area contributed by atoms with Crippen molar-refractivity contribution in [1.82, 2.24) is 9.55 Å². The van der Waals surface area contributed by atoms with Crippen molar-refractivity contribution in [2.45, 2.75) is 12.8 Å². The maximum Gasteiger partial charge on any atom is 0.586 e. The molecule has 0 radical (unpaired) electrons. The molecule has 0 saturated carbocycles. The highest BCUT2D eigenvalue weighted by Crippen LogP contribution is 2.42. The summed E-state index contributed by atoms with van der Waals surface area (Å²) >= 11 is 0. The van der Waals surface area contributed by atoms with Crippen LogP contribution >= 0.6 is 0 Å². The molecule has 0 saturated heterocycles. The first-order valence-electron chi connectivity index (χ1n) is 7.10. The zero-order valence-corrected chi connectivity index (χ0v) is 12.2. The number of amides is 1. The van der Waals surface area contributed by atoms with Crippen molar-refractivity contribution in [3.05, 3.63) is 48.8 Å². The molecule has 122 valence electrons. The van der Waals surface area contributed by atoms with E-state index in [9.17, 15) is 13.6 Å². The van der Waals surface area contributed by atoms with Gasteiger partial charge in [-0.2, -0.15) is 0 Å². The summed E-state index contributed by atoms with van der Waals surface area (Å²) in [5.41, 5.74) is 1.96. The third kappa shape index (κ3) is 2.62. The largest absolute Gasteiger partial charge is 0.586 e. The first-order valence-corrected chi connectivity index (χ1v) is 7.10. The number of para-hydroxylation sites is 2. The number of benzene rings is 2. The summed E-state index contributed by atoms with van der Waals surface area (Å²) in [4.78, 5) is 16.4. The van der Waals surface area contributed by atoms with Gasteiger partial charge in [-0.15, -0.1) is 8.78 Å². The van der Waals surface area contributed by atoms with Crippen molar-refractivity contribution in [3.8, 4) is 11.5 Å². The fourth-order valence-electron chi connectivity index (χ4n) is 2.52. The fourth-order valence-corrected chi connectivity index (χ4v) is 2.52. The minimum absolute atomic E-state index is 0.0467. The maximum atomic E-state index is 13.0. The van der Waals surface area contributed by atoms with Crippen LogP contribution < -0.4 is 14.8 Å². The SMILES string of the molecule is O=C(Cn1cnc2ccccc21)Nc1ccc2c(c1)OC(F)(F)O2. The van der Waals surface area contributed by atoms with Crippen molar-refractivity contribution >= 4 is 22.6 Å². The molecule has 2 heterocycles. The lowest BCUT2D eigenvalue weighted by atomic mass is 10.2. The van der Waals surface area contributed by atoms with Gasteiger partial charge in [-0.3, -0.25) is 4.79 Å². The van der Waals surface area contributed by atoms with Gasteiger partial charge in [-0.05, 0) is 24.3 Å². The molecule has 3 aromatic rings. The Morgan fingerprint density at radius 3 is 2.83 bits per heavy atom. The number of carbonyl (C=O) groups is 1. The fraction of sp³-hybridized carbons (Fsp3) is 0.125. The number of carbonyl (C=O) groups excluding carboxylic acids is 1. The highest BCUT2D eigenvalue weighted by Gasteiger charge is 2.43. The number of hydrogen-bond acceptors (Lipinski definition) is 4. The number of anilines is 1. The molecule has 0 fully saturated rings. The highest BCUT2D eigenvalue weighted by molar-refractivity contribution is 5.92. The number of nitrogens with one attached hydrogen (secondary N) is 1. The predicted octanol–water partition coefficient (Wildman–Crippen LogP) is 3.00. The van der Waals surface area contributed by atoms with Gasteiger partial charge in [0.2, 0.25) is 5.91 Å². The number of imidazole rings is 1. The summed E-state index contributed by atoms with van der Waals surface area (Å²) < 4.78 is 36.3. The Hall–Kier alpha value is -3.16. The van der Waals surface area contributed by atoms with Gasteiger partial charge in [0.1, 0.15) is 6.54 Å². The van der Waals surface area contributed by atoms with E-state index in [1.165, 1.54) is 18.2 Å². The van der Waals surface area contributed by atoms with Crippen LogP contribution in [-0.2, 0) is 11.3 Å². The molecule has 0 unspecified atom stereocenters. The van der Waals surface area contributed by atoms with Gasteiger partial charge in [0.15, 0.2) is 11.5 Å². The average Bonchev–Trinajstić information content (AvgIpc) is 3.06. The second-order valence-electron chi connectivity index (χ2n) is 5.24. The molecule has 0 bridgehead atoms. The van der Waals surface area contributed by atoms with Gasteiger partial charge in [-0.25, -0.2) is 4.98 Å². The van der Waals surface area contributed by atoms with E-state index in [1.54, 1.807) is 10.9 Å². The monoisotopic (exact) mass is 331 g/mol. The van der Waals surface area contributed by atoms with E-state index in [2.05, 4.69) is 19.8 Å². The lowest BCUT2D eigenvalue weighted by Crippen LogP contribution is -2.25. The molecule has 1 N–H and O–H groups in total. The van der Waals surface area contributed by atoms with Crippen molar-refractivity contribution < 1.29 is 23.0 Å². The molecule has 1 aliphatic rings. The third-order valence-electron chi connectivity index (χ3n) is 3.53. The van der Waals surface area contributed by atoms with E-state index in [0.29, 0.717) is 5.69 Å². The quantitative estimate of drug-likeness (QED) is 0.801. The maximum absolute atomic E-state index is 13.0. The lowest BCUT2D eigenvalue weighted by molar-refractivity contribution is -0.286. The second kappa shape index (κ2) is 5.19. The number of alkyl halides is 2. The van der Waals surface area contributed by atoms with E-state index >= 15 is 0 Å². The molecule has 1 aromatic heterocycles. The Labute approximate surface area is 134 Å². The number of fused-ring (bicyclic) bond motifs is 2. The first kappa shape index (κ1) is 14.4. The number of aromatic nitrogens is 2. The second-order valence-corrected chi connectivity index (χ2v) is 5.24. The van der Waals surface area contributed by atoms with Gasteiger partial charge < -0.3 is 19.4 Å². The van der Waals surface area contributed by atoms with Gasteiger partial charge in [0.05, 0.1) is 17.4 Å². The van der Waals surface area contributed by atoms with Crippen molar-refractivity contribution in [3.63, 3.8) is 0 Å². The molecule has 6 nitrogen and oxygen atoms in total. The summed E-state index contributed by atoms with van der Waals surface area (Å²) in [5.74, 6) is -0.506. The predicted molar refractivity (Wildman–Crippen MR) is 81.0 cm³/mol. The summed E-state index contributed by atoms with van der Waals surface area (Å²) in [6.45, 7) is 0.0467. The van der Waals surface area contributed by atoms with Gasteiger partial charge in [0.25, 0.3) is 0 Å². The number of ether oxygens (including phenoxy) is 2. The Morgan fingerprint density at radius 2 is 1.96 bits per heavy atom. The standard InChI is InChI=1S/C16H11F2N3O3/c17-16(18)23-13-6-5-10(7-14(13)24-16)20-15(22)8-21-9-19-11-3-1-2-4-12(11)21/h1-7,9H,8H2,(H,20,22). The average molecular weight is 331 g/mol. The molecule has 24 heavy (non-hydrogen) atoms. The van der Waals surface area contributed by atoms with E-state index in [1.807, 2.05) is 24.3 Å². The number of rotatable bonds is 3. The number of nitrogens with zero attached hydrogens (tertiary/aromatic N) is 2. The Morgan fingerprint density at radius 1 is 1.17 bits per heavy atom. The van der Waals surface area contributed by atoms with E-state index in [-0.39, 0.29) is 24.0 Å². The topological polar surface area (TPSA) is 65.4 Å². The zero-order valence-electron chi connectivity index (χ0n) is 12.2. The normalized spacial score (nSPS) is 14.8. The minimum atomic E-state index is -3.68. The third-order valence-corrected chi connectivity index (χ3v) is 3.53. The van der Waals surface area contributed by atoms with Gasteiger partial charge in [-0.1, -0.05) is 12.1 Å². The van der Waals surface area contributed by atoms with Crippen LogP contribution in [0.25, 0.3) is 11.0 Å². The molecular weight excluding hydrogens is 320 g/mol. The zero-order chi connectivity index (χ0) is 16.7. The summed E-state index contributed by atoms with van der Waals surface area (Å²) in [6, 6.07) is 11.5. The van der Waals surface area contributed by atoms with E-state index < -0.39 is 6.29 Å². The molecule has 8 heteroatoms. The van der Waals surface area contributed by atoms with Crippen molar-refractivity contribution in [2.24, 2.45) is 0 Å². The van der Waals surface area contributed by atoms with Crippen LogP contribution in [0.1, 0.15) is 0 Å². The van der Waals surface area contributed by atoms with Crippen LogP contribution in [0.2, 0.25) is 0 Å². The number of hydrogen-bond donors (Lipinski definition) is 1. The van der Waals surface area contributed by atoms with Crippen LogP contribution in [0, 0.1) is 0 Å². The molecule has 0 atom stereocenters. The van der Waals surface area contributed by atoms with E-state index in [4.69, 9.17) is 0 Å².